The lowest BCUT2D eigenvalue weighted by molar-refractivity contribution is -0.118. The molecule has 0 bridgehead atoms. The van der Waals surface area contributed by atoms with E-state index in [-0.39, 0.29) is 16.4 Å². The van der Waals surface area contributed by atoms with Crippen LogP contribution in [0.25, 0.3) is 0 Å². The third kappa shape index (κ3) is 5.48. The molecule has 2 aliphatic heterocycles. The molecule has 3 rings (SSSR count). The molecule has 2 amide bonds. The molecule has 2 N–H and O–H groups in total. The number of carbonyl (C=O) groups is 2. The minimum Gasteiger partial charge on any atom is -0.494 e. The Hall–Kier alpha value is -1.53. The van der Waals surface area contributed by atoms with Crippen LogP contribution >= 0.6 is 11.8 Å². The summed E-state index contributed by atoms with van der Waals surface area (Å²) < 4.78 is 5.84. The molecule has 2 fully saturated rings. The Kier molecular flexibility index (Phi) is 6.97. The Labute approximate surface area is 159 Å². The van der Waals surface area contributed by atoms with Crippen LogP contribution in [0.2, 0.25) is 0 Å². The van der Waals surface area contributed by atoms with Gasteiger partial charge in [-0.2, -0.15) is 0 Å². The fourth-order valence-corrected chi connectivity index (χ4v) is 4.41. The van der Waals surface area contributed by atoms with Gasteiger partial charge >= 0.3 is 0 Å². The molecule has 142 valence electrons. The quantitative estimate of drug-likeness (QED) is 0.680. The van der Waals surface area contributed by atoms with Gasteiger partial charge in [0, 0.05) is 6.04 Å². The Morgan fingerprint density at radius 3 is 2.62 bits per heavy atom. The zero-order valence-electron chi connectivity index (χ0n) is 15.3. The lowest BCUT2D eigenvalue weighted by Gasteiger charge is -2.29. The Morgan fingerprint density at radius 1 is 1.19 bits per heavy atom. The van der Waals surface area contributed by atoms with Crippen molar-refractivity contribution in [3.63, 3.8) is 0 Å². The van der Waals surface area contributed by atoms with Crippen molar-refractivity contribution in [1.82, 2.24) is 10.6 Å². The number of amides is 2. The van der Waals surface area contributed by atoms with Gasteiger partial charge in [0.25, 0.3) is 5.24 Å². The molecule has 0 saturated carbocycles. The van der Waals surface area contributed by atoms with Gasteiger partial charge in [-0.3, -0.25) is 14.9 Å². The van der Waals surface area contributed by atoms with E-state index in [2.05, 4.69) is 17.6 Å². The van der Waals surface area contributed by atoms with Crippen LogP contribution in [0.5, 0.6) is 5.75 Å². The number of benzene rings is 1. The van der Waals surface area contributed by atoms with E-state index in [0.717, 1.165) is 55.0 Å². The zero-order chi connectivity index (χ0) is 18.4. The highest BCUT2D eigenvalue weighted by Gasteiger charge is 2.31. The summed E-state index contributed by atoms with van der Waals surface area (Å²) >= 11 is 1.07. The summed E-state index contributed by atoms with van der Waals surface area (Å²) in [4.78, 5) is 22.8. The topological polar surface area (TPSA) is 67.4 Å². The van der Waals surface area contributed by atoms with E-state index < -0.39 is 0 Å². The van der Waals surface area contributed by atoms with Crippen LogP contribution < -0.4 is 15.4 Å². The van der Waals surface area contributed by atoms with Crippen molar-refractivity contribution < 1.29 is 14.3 Å². The lowest BCUT2D eigenvalue weighted by atomic mass is 9.91. The largest absolute Gasteiger partial charge is 0.494 e. The van der Waals surface area contributed by atoms with Crippen LogP contribution in [0.1, 0.15) is 44.6 Å². The number of imide groups is 1. The molecule has 3 unspecified atom stereocenters. The van der Waals surface area contributed by atoms with E-state index in [9.17, 15) is 9.59 Å². The van der Waals surface area contributed by atoms with Crippen molar-refractivity contribution in [2.45, 2.75) is 56.7 Å². The molecule has 5 nitrogen and oxygen atoms in total. The van der Waals surface area contributed by atoms with Gasteiger partial charge < -0.3 is 10.1 Å². The van der Waals surface area contributed by atoms with Crippen molar-refractivity contribution in [2.24, 2.45) is 5.92 Å². The Balaban J connectivity index is 1.34. The molecule has 1 aromatic carbocycles. The first-order valence-corrected chi connectivity index (χ1v) is 10.5. The number of hydrogen-bond donors (Lipinski definition) is 2. The first-order chi connectivity index (χ1) is 12.6. The number of carbonyl (C=O) groups excluding carboxylic acids is 2. The second-order valence-corrected chi connectivity index (χ2v) is 8.35. The van der Waals surface area contributed by atoms with Crippen molar-refractivity contribution in [3.05, 3.63) is 29.8 Å². The summed E-state index contributed by atoms with van der Waals surface area (Å²) in [5.41, 5.74) is 1.04. The lowest BCUT2D eigenvalue weighted by Crippen LogP contribution is -2.38. The average Bonchev–Trinajstić information content (AvgIpc) is 2.97. The standard InChI is InChI=1S/C20H28N2O3S/c1-2-14-5-8-16(21-13-14)4-3-11-25-17-9-6-15(7-10-17)12-18-19(23)22-20(24)26-18/h6-7,9-10,14,16,18,21H,2-5,8,11-13H2,1H3,(H,22,23,24). The number of thioether (sulfide) groups is 1. The molecular weight excluding hydrogens is 348 g/mol. The molecular formula is C20H28N2O3S. The molecule has 1 aromatic rings. The molecule has 6 heteroatoms. The summed E-state index contributed by atoms with van der Waals surface area (Å²) in [6, 6.07) is 8.47. The third-order valence-corrected chi connectivity index (χ3v) is 6.25. The van der Waals surface area contributed by atoms with E-state index in [1.54, 1.807) is 0 Å². The first-order valence-electron chi connectivity index (χ1n) is 9.60. The molecule has 26 heavy (non-hydrogen) atoms. The minimum atomic E-state index is -0.315. The van der Waals surface area contributed by atoms with Crippen LogP contribution in [0.15, 0.2) is 24.3 Å². The van der Waals surface area contributed by atoms with E-state index in [1.807, 2.05) is 24.3 Å². The molecule has 0 spiro atoms. The fourth-order valence-electron chi connectivity index (χ4n) is 3.55. The van der Waals surface area contributed by atoms with Crippen molar-refractivity contribution in [1.29, 1.82) is 0 Å². The molecule has 0 aromatic heterocycles. The monoisotopic (exact) mass is 376 g/mol. The number of nitrogens with one attached hydrogen (secondary N) is 2. The van der Waals surface area contributed by atoms with Gasteiger partial charge in [0.05, 0.1) is 11.9 Å². The van der Waals surface area contributed by atoms with Crippen molar-refractivity contribution in [3.8, 4) is 5.75 Å². The molecule has 2 aliphatic rings. The summed E-state index contributed by atoms with van der Waals surface area (Å²) in [7, 11) is 0. The fraction of sp³-hybridized carbons (Fsp3) is 0.600. The van der Waals surface area contributed by atoms with Crippen molar-refractivity contribution >= 4 is 22.9 Å². The van der Waals surface area contributed by atoms with Gasteiger partial charge in [-0.25, -0.2) is 0 Å². The smallest absolute Gasteiger partial charge is 0.286 e. The highest BCUT2D eigenvalue weighted by Crippen LogP contribution is 2.24. The Morgan fingerprint density at radius 2 is 2.00 bits per heavy atom. The van der Waals surface area contributed by atoms with Gasteiger partial charge in [0.15, 0.2) is 0 Å². The Bertz CT molecular complexity index is 612. The summed E-state index contributed by atoms with van der Waals surface area (Å²) in [6.45, 7) is 4.16. The van der Waals surface area contributed by atoms with Crippen molar-refractivity contribution in [2.75, 3.05) is 13.2 Å². The van der Waals surface area contributed by atoms with E-state index in [1.165, 1.54) is 19.3 Å². The van der Waals surface area contributed by atoms with Gasteiger partial charge in [0.2, 0.25) is 5.91 Å². The zero-order valence-corrected chi connectivity index (χ0v) is 16.1. The SMILES string of the molecule is CCC1CCC(CCCOc2ccc(CC3SC(=O)NC3=O)cc2)NC1. The summed E-state index contributed by atoms with van der Waals surface area (Å²) in [5, 5.41) is 5.41. The molecule has 2 heterocycles. The maximum Gasteiger partial charge on any atom is 0.286 e. The van der Waals surface area contributed by atoms with Gasteiger partial charge in [-0.1, -0.05) is 37.2 Å². The van der Waals surface area contributed by atoms with E-state index in [4.69, 9.17) is 4.74 Å². The number of hydrogen-bond acceptors (Lipinski definition) is 5. The molecule has 3 atom stereocenters. The predicted molar refractivity (Wildman–Crippen MR) is 105 cm³/mol. The second kappa shape index (κ2) is 9.42. The molecule has 2 saturated heterocycles. The van der Waals surface area contributed by atoms with Crippen LogP contribution in [-0.2, 0) is 11.2 Å². The summed E-state index contributed by atoms with van der Waals surface area (Å²) in [5.74, 6) is 1.52. The van der Waals surface area contributed by atoms with Crippen LogP contribution in [0.4, 0.5) is 4.79 Å². The predicted octanol–water partition coefficient (Wildman–Crippen LogP) is 3.52. The minimum absolute atomic E-state index is 0.193. The van der Waals surface area contributed by atoms with Gasteiger partial charge in [-0.15, -0.1) is 0 Å². The number of rotatable bonds is 8. The molecule has 0 aliphatic carbocycles. The second-order valence-electron chi connectivity index (χ2n) is 7.18. The highest BCUT2D eigenvalue weighted by atomic mass is 32.2. The first kappa shape index (κ1) is 19.2. The summed E-state index contributed by atoms with van der Waals surface area (Å²) in [6.07, 6.45) is 6.68. The number of ether oxygens (including phenoxy) is 1. The van der Waals surface area contributed by atoms with E-state index >= 15 is 0 Å². The van der Waals surface area contributed by atoms with Gasteiger partial charge in [-0.05, 0) is 62.3 Å². The van der Waals surface area contributed by atoms with Gasteiger partial charge in [0.1, 0.15) is 5.75 Å². The maximum absolute atomic E-state index is 11.6. The van der Waals surface area contributed by atoms with Crippen LogP contribution in [-0.4, -0.2) is 35.6 Å². The van der Waals surface area contributed by atoms with E-state index in [0.29, 0.717) is 12.5 Å². The normalized spacial score (nSPS) is 26.0. The number of piperidine rings is 1. The van der Waals surface area contributed by atoms with Crippen LogP contribution in [0, 0.1) is 5.92 Å². The third-order valence-electron chi connectivity index (χ3n) is 5.27. The highest BCUT2D eigenvalue weighted by molar-refractivity contribution is 8.15. The maximum atomic E-state index is 11.6. The van der Waals surface area contributed by atoms with Crippen LogP contribution in [0.3, 0.4) is 0 Å². The molecule has 0 radical (unpaired) electrons. The average molecular weight is 377 g/mol.